The van der Waals surface area contributed by atoms with Gasteiger partial charge in [-0.05, 0) is 18.6 Å². The first-order valence-electron chi connectivity index (χ1n) is 5.07. The van der Waals surface area contributed by atoms with Gasteiger partial charge in [-0.2, -0.15) is 5.26 Å². The average Bonchev–Trinajstić information content (AvgIpc) is 2.79. The number of nitrogens with zero attached hydrogens (tertiary/aromatic N) is 2. The maximum atomic E-state index is 8.86. The summed E-state index contributed by atoms with van der Waals surface area (Å²) in [6.45, 7) is 2.48. The fraction of sp³-hybridized carbons (Fsp3) is 0.455. The smallest absolute Gasteiger partial charge is 0.143 e. The van der Waals surface area contributed by atoms with Crippen LogP contribution in [0.15, 0.2) is 18.3 Å². The zero-order valence-electron chi connectivity index (χ0n) is 8.44. The van der Waals surface area contributed by atoms with Crippen molar-refractivity contribution in [1.29, 1.82) is 5.26 Å². The second-order valence-electron chi connectivity index (χ2n) is 3.62. The summed E-state index contributed by atoms with van der Waals surface area (Å²) in [6, 6.07) is 5.65. The van der Waals surface area contributed by atoms with E-state index in [0.29, 0.717) is 17.3 Å². The summed E-state index contributed by atoms with van der Waals surface area (Å²) >= 11 is 0. The number of anilines is 1. The molecule has 1 unspecified atom stereocenters. The van der Waals surface area contributed by atoms with Gasteiger partial charge in [0.25, 0.3) is 0 Å². The zero-order valence-corrected chi connectivity index (χ0v) is 8.44. The fourth-order valence-corrected chi connectivity index (χ4v) is 1.62. The standard InChI is InChI=1S/C11H13N3O/c12-6-10-2-1-4-13-11(10)14-7-9-3-5-15-8-9/h1-2,4,9H,3,5,7-8H2,(H,13,14). The summed E-state index contributed by atoms with van der Waals surface area (Å²) in [5, 5.41) is 12.0. The highest BCUT2D eigenvalue weighted by molar-refractivity contribution is 5.51. The summed E-state index contributed by atoms with van der Waals surface area (Å²) < 4.78 is 5.28. The molecule has 0 saturated carbocycles. The Kier molecular flexibility index (Phi) is 3.15. The molecule has 2 heterocycles. The maximum absolute atomic E-state index is 8.86. The monoisotopic (exact) mass is 203 g/mol. The highest BCUT2D eigenvalue weighted by Crippen LogP contribution is 2.15. The van der Waals surface area contributed by atoms with Crippen LogP contribution < -0.4 is 5.32 Å². The van der Waals surface area contributed by atoms with Crippen LogP contribution in [0, 0.1) is 17.2 Å². The first-order valence-corrected chi connectivity index (χ1v) is 5.07. The zero-order chi connectivity index (χ0) is 10.5. The summed E-state index contributed by atoms with van der Waals surface area (Å²) in [5.74, 6) is 1.21. The van der Waals surface area contributed by atoms with Crippen LogP contribution in [-0.2, 0) is 4.74 Å². The first kappa shape index (κ1) is 9.94. The molecule has 0 amide bonds. The Bertz CT molecular complexity index is 366. The Morgan fingerprint density at radius 3 is 3.33 bits per heavy atom. The molecule has 1 aliphatic rings. The highest BCUT2D eigenvalue weighted by atomic mass is 16.5. The van der Waals surface area contributed by atoms with Crippen molar-refractivity contribution >= 4 is 5.82 Å². The number of aromatic nitrogens is 1. The van der Waals surface area contributed by atoms with Crippen LogP contribution in [0.2, 0.25) is 0 Å². The van der Waals surface area contributed by atoms with Crippen molar-refractivity contribution in [1.82, 2.24) is 4.98 Å². The van der Waals surface area contributed by atoms with Crippen molar-refractivity contribution in [3.8, 4) is 6.07 Å². The Labute approximate surface area is 88.9 Å². The van der Waals surface area contributed by atoms with Gasteiger partial charge in [-0.15, -0.1) is 0 Å². The lowest BCUT2D eigenvalue weighted by molar-refractivity contribution is 0.187. The molecule has 78 valence electrons. The molecule has 2 rings (SSSR count). The number of hydrogen-bond donors (Lipinski definition) is 1. The molecule has 4 nitrogen and oxygen atoms in total. The lowest BCUT2D eigenvalue weighted by atomic mass is 10.1. The molecule has 1 fully saturated rings. The second-order valence-corrected chi connectivity index (χ2v) is 3.62. The molecule has 1 saturated heterocycles. The number of hydrogen-bond acceptors (Lipinski definition) is 4. The Morgan fingerprint density at radius 1 is 1.67 bits per heavy atom. The third-order valence-electron chi connectivity index (χ3n) is 2.51. The van der Waals surface area contributed by atoms with Gasteiger partial charge >= 0.3 is 0 Å². The van der Waals surface area contributed by atoms with Gasteiger partial charge in [0.1, 0.15) is 11.9 Å². The Morgan fingerprint density at radius 2 is 2.60 bits per heavy atom. The molecule has 0 radical (unpaired) electrons. The van der Waals surface area contributed by atoms with Crippen LogP contribution in [0.5, 0.6) is 0 Å². The molecule has 4 heteroatoms. The van der Waals surface area contributed by atoms with E-state index in [2.05, 4.69) is 16.4 Å². The topological polar surface area (TPSA) is 57.9 Å². The fourth-order valence-electron chi connectivity index (χ4n) is 1.62. The van der Waals surface area contributed by atoms with Crippen LogP contribution >= 0.6 is 0 Å². The van der Waals surface area contributed by atoms with Crippen molar-refractivity contribution in [2.24, 2.45) is 5.92 Å². The molecule has 0 spiro atoms. The van der Waals surface area contributed by atoms with Gasteiger partial charge in [-0.1, -0.05) is 0 Å². The molecule has 15 heavy (non-hydrogen) atoms. The largest absolute Gasteiger partial charge is 0.381 e. The lowest BCUT2D eigenvalue weighted by Gasteiger charge is -2.10. The van der Waals surface area contributed by atoms with E-state index in [0.717, 1.165) is 26.2 Å². The van der Waals surface area contributed by atoms with Gasteiger partial charge in [-0.3, -0.25) is 0 Å². The van der Waals surface area contributed by atoms with Gasteiger partial charge in [0, 0.05) is 25.3 Å². The van der Waals surface area contributed by atoms with Crippen LogP contribution in [0.3, 0.4) is 0 Å². The van der Waals surface area contributed by atoms with Crippen molar-refractivity contribution in [2.45, 2.75) is 6.42 Å². The van der Waals surface area contributed by atoms with E-state index in [9.17, 15) is 0 Å². The molecule has 1 aromatic rings. The van der Waals surface area contributed by atoms with Crippen molar-refractivity contribution in [2.75, 3.05) is 25.1 Å². The predicted molar refractivity (Wildman–Crippen MR) is 56.4 cm³/mol. The van der Waals surface area contributed by atoms with Gasteiger partial charge < -0.3 is 10.1 Å². The van der Waals surface area contributed by atoms with Crippen LogP contribution in [-0.4, -0.2) is 24.7 Å². The average molecular weight is 203 g/mol. The number of rotatable bonds is 3. The van der Waals surface area contributed by atoms with Gasteiger partial charge in [0.15, 0.2) is 0 Å². The molecular formula is C11H13N3O. The minimum Gasteiger partial charge on any atom is -0.381 e. The molecule has 1 aliphatic heterocycles. The van der Waals surface area contributed by atoms with Crippen molar-refractivity contribution in [3.63, 3.8) is 0 Å². The van der Waals surface area contributed by atoms with E-state index in [1.807, 2.05) is 0 Å². The summed E-state index contributed by atoms with van der Waals surface area (Å²) in [6.07, 6.45) is 2.77. The van der Waals surface area contributed by atoms with Gasteiger partial charge in [-0.25, -0.2) is 4.98 Å². The summed E-state index contributed by atoms with van der Waals surface area (Å²) in [5.41, 5.74) is 0.594. The Hall–Kier alpha value is -1.60. The van der Waals surface area contributed by atoms with Gasteiger partial charge in [0.05, 0.1) is 12.2 Å². The lowest BCUT2D eigenvalue weighted by Crippen LogP contribution is -2.15. The molecule has 1 N–H and O–H groups in total. The summed E-state index contributed by atoms with van der Waals surface area (Å²) in [4.78, 5) is 4.14. The SMILES string of the molecule is N#Cc1cccnc1NCC1CCOC1. The third-order valence-corrected chi connectivity index (χ3v) is 2.51. The quantitative estimate of drug-likeness (QED) is 0.806. The molecule has 1 atom stereocenters. The molecule has 0 aromatic carbocycles. The van der Waals surface area contributed by atoms with E-state index in [4.69, 9.17) is 10.00 Å². The number of ether oxygens (including phenoxy) is 1. The van der Waals surface area contributed by atoms with Gasteiger partial charge in [0.2, 0.25) is 0 Å². The summed E-state index contributed by atoms with van der Waals surface area (Å²) in [7, 11) is 0. The van der Waals surface area contributed by atoms with E-state index < -0.39 is 0 Å². The molecule has 0 bridgehead atoms. The second kappa shape index (κ2) is 4.76. The molecule has 0 aliphatic carbocycles. The highest BCUT2D eigenvalue weighted by Gasteiger charge is 2.15. The molecular weight excluding hydrogens is 190 g/mol. The predicted octanol–water partition coefficient (Wildman–Crippen LogP) is 1.40. The maximum Gasteiger partial charge on any atom is 0.143 e. The minimum absolute atomic E-state index is 0.540. The van der Waals surface area contributed by atoms with Crippen LogP contribution in [0.1, 0.15) is 12.0 Å². The van der Waals surface area contributed by atoms with Crippen LogP contribution in [0.25, 0.3) is 0 Å². The number of nitrogens with one attached hydrogen (secondary N) is 1. The van der Waals surface area contributed by atoms with E-state index in [1.165, 1.54) is 0 Å². The normalized spacial score (nSPS) is 19.8. The van der Waals surface area contributed by atoms with Crippen molar-refractivity contribution < 1.29 is 4.74 Å². The first-order chi connectivity index (χ1) is 7.40. The van der Waals surface area contributed by atoms with Crippen molar-refractivity contribution in [3.05, 3.63) is 23.9 Å². The minimum atomic E-state index is 0.540. The van der Waals surface area contributed by atoms with E-state index >= 15 is 0 Å². The van der Waals surface area contributed by atoms with E-state index in [-0.39, 0.29) is 0 Å². The Balaban J connectivity index is 1.95. The number of nitriles is 1. The third kappa shape index (κ3) is 2.45. The van der Waals surface area contributed by atoms with Crippen LogP contribution in [0.4, 0.5) is 5.82 Å². The number of pyridine rings is 1. The van der Waals surface area contributed by atoms with E-state index in [1.54, 1.807) is 18.3 Å². The molecule has 1 aromatic heterocycles.